The second-order valence-corrected chi connectivity index (χ2v) is 8.88. The van der Waals surface area contributed by atoms with Gasteiger partial charge in [-0.25, -0.2) is 0 Å². The zero-order valence-electron chi connectivity index (χ0n) is 19.3. The molecule has 1 unspecified atom stereocenters. The van der Waals surface area contributed by atoms with Gasteiger partial charge in [-0.3, -0.25) is 9.59 Å². The van der Waals surface area contributed by atoms with Crippen molar-refractivity contribution in [2.75, 3.05) is 20.2 Å². The highest BCUT2D eigenvalue weighted by molar-refractivity contribution is 6.07. The predicted octanol–water partition coefficient (Wildman–Crippen LogP) is 5.17. The van der Waals surface area contributed by atoms with Crippen LogP contribution < -0.4 is 10.1 Å². The summed E-state index contributed by atoms with van der Waals surface area (Å²) in [7, 11) is 1.66. The first-order valence-corrected chi connectivity index (χ1v) is 11.7. The number of carbonyl (C=O) groups excluding carboxylic acids is 2. The van der Waals surface area contributed by atoms with Crippen molar-refractivity contribution in [3.8, 4) is 5.75 Å². The van der Waals surface area contributed by atoms with Gasteiger partial charge < -0.3 is 15.0 Å². The first-order valence-electron chi connectivity index (χ1n) is 11.7. The molecule has 0 radical (unpaired) electrons. The Balaban J connectivity index is 1.24. The van der Waals surface area contributed by atoms with Crippen LogP contribution in [-0.2, 0) is 11.3 Å². The van der Waals surface area contributed by atoms with Crippen molar-refractivity contribution in [2.24, 2.45) is 5.92 Å². The van der Waals surface area contributed by atoms with Crippen molar-refractivity contribution in [1.29, 1.82) is 0 Å². The molecule has 34 heavy (non-hydrogen) atoms. The molecule has 0 spiro atoms. The molecule has 5 heteroatoms. The van der Waals surface area contributed by atoms with E-state index >= 15 is 0 Å². The van der Waals surface area contributed by atoms with E-state index in [0.29, 0.717) is 25.2 Å². The van der Waals surface area contributed by atoms with Gasteiger partial charge in [0.1, 0.15) is 5.75 Å². The Morgan fingerprint density at radius 2 is 1.74 bits per heavy atom. The van der Waals surface area contributed by atoms with E-state index in [4.69, 9.17) is 4.74 Å². The molecule has 0 aliphatic carbocycles. The summed E-state index contributed by atoms with van der Waals surface area (Å²) < 4.78 is 5.29. The van der Waals surface area contributed by atoms with Gasteiger partial charge in [0, 0.05) is 25.2 Å². The van der Waals surface area contributed by atoms with Gasteiger partial charge in [-0.15, -0.1) is 0 Å². The van der Waals surface area contributed by atoms with Gasteiger partial charge in [0.2, 0.25) is 5.91 Å². The fourth-order valence-electron chi connectivity index (χ4n) is 4.80. The summed E-state index contributed by atoms with van der Waals surface area (Å²) in [5.41, 5.74) is 1.75. The number of methoxy groups -OCH3 is 1. The molecule has 1 saturated heterocycles. The van der Waals surface area contributed by atoms with Gasteiger partial charge in [-0.2, -0.15) is 0 Å². The van der Waals surface area contributed by atoms with Crippen LogP contribution in [0.3, 0.4) is 0 Å². The molecule has 2 amide bonds. The number of hydrogen-bond acceptors (Lipinski definition) is 3. The Morgan fingerprint density at radius 3 is 2.62 bits per heavy atom. The molecule has 5 nitrogen and oxygen atoms in total. The number of hydrogen-bond donors (Lipinski definition) is 1. The number of amides is 2. The third-order valence-electron chi connectivity index (χ3n) is 6.68. The van der Waals surface area contributed by atoms with E-state index in [1.54, 1.807) is 7.11 Å². The minimum atomic E-state index is -0.197. The van der Waals surface area contributed by atoms with E-state index in [2.05, 4.69) is 11.4 Å². The minimum Gasteiger partial charge on any atom is -0.497 e. The summed E-state index contributed by atoms with van der Waals surface area (Å²) in [6, 6.07) is 25.9. The molecule has 1 atom stereocenters. The number of likely N-dealkylation sites (tertiary alicyclic amines) is 1. The molecule has 172 valence electrons. The molecule has 5 rings (SSSR count). The summed E-state index contributed by atoms with van der Waals surface area (Å²) in [4.78, 5) is 28.1. The van der Waals surface area contributed by atoms with Gasteiger partial charge in [-0.05, 0) is 64.2 Å². The van der Waals surface area contributed by atoms with Crippen molar-refractivity contribution in [1.82, 2.24) is 10.2 Å². The van der Waals surface area contributed by atoms with Crippen LogP contribution >= 0.6 is 0 Å². The number of ether oxygens (including phenoxy) is 1. The Hall–Kier alpha value is -3.86. The SMILES string of the molecule is COc1ccc2cc(CNC(=O)C3CCCN(C(=O)c4cccc5ccccc45)C3)ccc2c1. The largest absolute Gasteiger partial charge is 0.497 e. The number of nitrogens with one attached hydrogen (secondary N) is 1. The van der Waals surface area contributed by atoms with Crippen LogP contribution in [0, 0.1) is 5.92 Å². The monoisotopic (exact) mass is 452 g/mol. The fourth-order valence-corrected chi connectivity index (χ4v) is 4.80. The van der Waals surface area contributed by atoms with E-state index in [9.17, 15) is 9.59 Å². The number of benzene rings is 4. The zero-order valence-corrected chi connectivity index (χ0v) is 19.3. The number of piperidine rings is 1. The lowest BCUT2D eigenvalue weighted by atomic mass is 9.95. The Labute approximate surface area is 199 Å². The van der Waals surface area contributed by atoms with Gasteiger partial charge >= 0.3 is 0 Å². The molecule has 4 aromatic rings. The zero-order chi connectivity index (χ0) is 23.5. The Bertz CT molecular complexity index is 1360. The van der Waals surface area contributed by atoms with Crippen molar-refractivity contribution < 1.29 is 14.3 Å². The summed E-state index contributed by atoms with van der Waals surface area (Å²) in [5, 5.41) is 7.30. The molecule has 0 bridgehead atoms. The maximum Gasteiger partial charge on any atom is 0.254 e. The van der Waals surface area contributed by atoms with E-state index < -0.39 is 0 Å². The highest BCUT2D eigenvalue weighted by Gasteiger charge is 2.29. The van der Waals surface area contributed by atoms with Crippen molar-refractivity contribution in [3.05, 3.63) is 90.0 Å². The predicted molar refractivity (Wildman–Crippen MR) is 135 cm³/mol. The maximum absolute atomic E-state index is 13.3. The molecule has 0 aromatic heterocycles. The normalized spacial score (nSPS) is 15.9. The third-order valence-corrected chi connectivity index (χ3v) is 6.68. The number of nitrogens with zero attached hydrogens (tertiary/aromatic N) is 1. The van der Waals surface area contributed by atoms with E-state index in [1.807, 2.05) is 77.7 Å². The number of fused-ring (bicyclic) bond motifs is 2. The molecule has 1 N–H and O–H groups in total. The summed E-state index contributed by atoms with van der Waals surface area (Å²) in [5.74, 6) is 0.635. The first-order chi connectivity index (χ1) is 16.6. The Kier molecular flexibility index (Phi) is 6.17. The lowest BCUT2D eigenvalue weighted by Gasteiger charge is -2.32. The van der Waals surface area contributed by atoms with Crippen LogP contribution in [0.5, 0.6) is 5.75 Å². The van der Waals surface area contributed by atoms with Crippen LogP contribution in [0.1, 0.15) is 28.8 Å². The number of carbonyl (C=O) groups is 2. The minimum absolute atomic E-state index is 0.000688. The third kappa shape index (κ3) is 4.46. The van der Waals surface area contributed by atoms with Crippen molar-refractivity contribution >= 4 is 33.4 Å². The van der Waals surface area contributed by atoms with Gasteiger partial charge in [0.05, 0.1) is 13.0 Å². The summed E-state index contributed by atoms with van der Waals surface area (Å²) in [6.45, 7) is 1.60. The van der Waals surface area contributed by atoms with Crippen LogP contribution in [-0.4, -0.2) is 36.9 Å². The van der Waals surface area contributed by atoms with Crippen LogP contribution in [0.4, 0.5) is 0 Å². The topological polar surface area (TPSA) is 58.6 Å². The van der Waals surface area contributed by atoms with Gasteiger partial charge in [-0.1, -0.05) is 54.6 Å². The van der Waals surface area contributed by atoms with E-state index in [1.165, 1.54) is 0 Å². The molecule has 1 aliphatic rings. The number of rotatable bonds is 5. The quantitative estimate of drug-likeness (QED) is 0.454. The molecule has 4 aromatic carbocycles. The van der Waals surface area contributed by atoms with Gasteiger partial charge in [0.15, 0.2) is 0 Å². The molecular weight excluding hydrogens is 424 g/mol. The second kappa shape index (κ2) is 9.56. The van der Waals surface area contributed by atoms with Crippen LogP contribution in [0.2, 0.25) is 0 Å². The lowest BCUT2D eigenvalue weighted by Crippen LogP contribution is -2.45. The standard InChI is InChI=1S/C29H28N2O3/c1-34-25-14-13-22-16-20(11-12-23(22)17-25)18-30-28(32)24-8-5-15-31(19-24)29(33)27-10-4-7-21-6-2-3-9-26(21)27/h2-4,6-7,9-14,16-17,24H,5,8,15,18-19H2,1H3,(H,30,32). The second-order valence-electron chi connectivity index (χ2n) is 8.88. The van der Waals surface area contributed by atoms with Crippen LogP contribution in [0.15, 0.2) is 78.9 Å². The molecule has 1 heterocycles. The Morgan fingerprint density at radius 1 is 0.941 bits per heavy atom. The summed E-state index contributed by atoms with van der Waals surface area (Å²) in [6.07, 6.45) is 1.62. The molecule has 0 saturated carbocycles. The highest BCUT2D eigenvalue weighted by atomic mass is 16.5. The molecule has 1 aliphatic heterocycles. The van der Waals surface area contributed by atoms with E-state index in [-0.39, 0.29) is 17.7 Å². The van der Waals surface area contributed by atoms with Gasteiger partial charge in [0.25, 0.3) is 5.91 Å². The smallest absolute Gasteiger partial charge is 0.254 e. The summed E-state index contributed by atoms with van der Waals surface area (Å²) >= 11 is 0. The van der Waals surface area contributed by atoms with Crippen molar-refractivity contribution in [2.45, 2.75) is 19.4 Å². The average Bonchev–Trinajstić information content (AvgIpc) is 2.90. The van der Waals surface area contributed by atoms with E-state index in [0.717, 1.165) is 45.7 Å². The van der Waals surface area contributed by atoms with Crippen LogP contribution in [0.25, 0.3) is 21.5 Å². The lowest BCUT2D eigenvalue weighted by molar-refractivity contribution is -0.126. The molecular formula is C29H28N2O3. The fraction of sp³-hybridized carbons (Fsp3) is 0.241. The maximum atomic E-state index is 13.3. The average molecular weight is 453 g/mol. The highest BCUT2D eigenvalue weighted by Crippen LogP contribution is 2.25. The molecule has 1 fully saturated rings. The first kappa shape index (κ1) is 22.0. The van der Waals surface area contributed by atoms with Crippen molar-refractivity contribution in [3.63, 3.8) is 0 Å².